The van der Waals surface area contributed by atoms with Crippen LogP contribution < -0.4 is 0 Å². The molecule has 0 fully saturated rings. The van der Waals surface area contributed by atoms with Gasteiger partial charge in [-0.25, -0.2) is 0 Å². The van der Waals surface area contributed by atoms with Crippen LogP contribution in [0, 0.1) is 13.8 Å². The quantitative estimate of drug-likeness (QED) is 0.411. The molecule has 0 bridgehead atoms. The molecule has 7 heteroatoms. The van der Waals surface area contributed by atoms with Crippen LogP contribution in [0.5, 0.6) is 0 Å². The summed E-state index contributed by atoms with van der Waals surface area (Å²) in [6.07, 6.45) is 0. The highest BCUT2D eigenvalue weighted by atomic mass is 32.2. The Morgan fingerprint density at radius 2 is 1.82 bits per heavy atom. The van der Waals surface area contributed by atoms with Crippen molar-refractivity contribution in [1.82, 2.24) is 24.7 Å². The van der Waals surface area contributed by atoms with Gasteiger partial charge in [-0.3, -0.25) is 4.40 Å². The minimum absolute atomic E-state index is 0.530. The van der Waals surface area contributed by atoms with Gasteiger partial charge >= 0.3 is 0 Å². The summed E-state index contributed by atoms with van der Waals surface area (Å²) in [5, 5.41) is 14.8. The highest BCUT2D eigenvalue weighted by Crippen LogP contribution is 2.27. The number of hydrogen-bond acceptors (Lipinski definition) is 6. The number of benzene rings is 2. The van der Waals surface area contributed by atoms with Crippen LogP contribution in [0.15, 0.2) is 64.3 Å². The molecule has 3 aromatic heterocycles. The molecule has 2 aromatic carbocycles. The van der Waals surface area contributed by atoms with Gasteiger partial charge in [0.15, 0.2) is 10.8 Å². The minimum atomic E-state index is 0.530. The molecule has 0 unspecified atom stereocenters. The Morgan fingerprint density at radius 1 is 1.00 bits per heavy atom. The number of para-hydroxylation sites is 1. The van der Waals surface area contributed by atoms with Crippen molar-refractivity contribution in [3.63, 3.8) is 0 Å². The maximum Gasteiger partial charge on any atom is 0.237 e. The summed E-state index contributed by atoms with van der Waals surface area (Å²) in [5.41, 5.74) is 5.26. The first-order valence-corrected chi connectivity index (χ1v) is 9.93. The lowest BCUT2D eigenvalue weighted by Gasteiger charge is -2.06. The molecule has 0 aliphatic heterocycles. The van der Waals surface area contributed by atoms with Gasteiger partial charge in [0.1, 0.15) is 0 Å². The van der Waals surface area contributed by atoms with Crippen molar-refractivity contribution in [3.05, 3.63) is 71.6 Å². The normalized spacial score (nSPS) is 11.5. The molecule has 138 valence electrons. The number of aryl methyl sites for hydroxylation is 2. The lowest BCUT2D eigenvalue weighted by molar-refractivity contribution is 0.391. The third-order valence-electron chi connectivity index (χ3n) is 4.68. The topological polar surface area (TPSA) is 69.1 Å². The summed E-state index contributed by atoms with van der Waals surface area (Å²) >= 11 is 1.53. The van der Waals surface area contributed by atoms with Crippen LogP contribution in [0.2, 0.25) is 0 Å². The fourth-order valence-corrected chi connectivity index (χ4v) is 4.02. The van der Waals surface area contributed by atoms with E-state index in [1.807, 2.05) is 36.4 Å². The van der Waals surface area contributed by atoms with Crippen LogP contribution in [-0.2, 0) is 5.75 Å². The zero-order valence-electron chi connectivity index (χ0n) is 15.5. The summed E-state index contributed by atoms with van der Waals surface area (Å²) in [4.78, 5) is 4.51. The number of pyridine rings is 1. The van der Waals surface area contributed by atoms with E-state index in [2.05, 4.69) is 56.8 Å². The Balaban J connectivity index is 1.44. The molecule has 3 heterocycles. The summed E-state index contributed by atoms with van der Waals surface area (Å²) in [7, 11) is 0. The van der Waals surface area contributed by atoms with Crippen molar-refractivity contribution in [1.29, 1.82) is 0 Å². The van der Waals surface area contributed by atoms with E-state index in [0.717, 1.165) is 21.9 Å². The van der Waals surface area contributed by atoms with Gasteiger partial charge in [-0.1, -0.05) is 64.9 Å². The van der Waals surface area contributed by atoms with E-state index in [-0.39, 0.29) is 0 Å². The maximum atomic E-state index is 5.43. The molecule has 0 saturated heterocycles. The van der Waals surface area contributed by atoms with Crippen molar-refractivity contribution in [3.8, 4) is 11.4 Å². The fraction of sp³-hybridized carbons (Fsp3) is 0.143. The van der Waals surface area contributed by atoms with E-state index >= 15 is 0 Å². The summed E-state index contributed by atoms with van der Waals surface area (Å²) in [6.45, 7) is 4.14. The molecule has 0 radical (unpaired) electrons. The molecule has 0 saturated carbocycles. The molecule has 0 N–H and O–H groups in total. The number of hydrogen-bond donors (Lipinski definition) is 0. The van der Waals surface area contributed by atoms with Crippen molar-refractivity contribution in [2.75, 3.05) is 0 Å². The number of rotatable bonds is 4. The van der Waals surface area contributed by atoms with E-state index in [9.17, 15) is 0 Å². The van der Waals surface area contributed by atoms with Crippen LogP contribution >= 0.6 is 11.8 Å². The molecular formula is C21H17N5OS. The molecule has 5 aromatic rings. The van der Waals surface area contributed by atoms with Crippen molar-refractivity contribution >= 4 is 28.3 Å². The second-order valence-corrected chi connectivity index (χ2v) is 7.63. The van der Waals surface area contributed by atoms with Gasteiger partial charge in [0.25, 0.3) is 0 Å². The zero-order chi connectivity index (χ0) is 19.1. The van der Waals surface area contributed by atoms with Crippen molar-refractivity contribution in [2.24, 2.45) is 0 Å². The van der Waals surface area contributed by atoms with Crippen molar-refractivity contribution < 1.29 is 4.52 Å². The molecule has 0 amide bonds. The van der Waals surface area contributed by atoms with Crippen LogP contribution in [0.3, 0.4) is 0 Å². The first-order valence-electron chi connectivity index (χ1n) is 8.95. The Kier molecular flexibility index (Phi) is 4.09. The largest absolute Gasteiger partial charge is 0.338 e. The molecule has 0 aliphatic rings. The molecule has 0 atom stereocenters. The third kappa shape index (κ3) is 2.93. The minimum Gasteiger partial charge on any atom is -0.338 e. The number of fused-ring (bicyclic) bond motifs is 3. The lowest BCUT2D eigenvalue weighted by atomic mass is 10.1. The van der Waals surface area contributed by atoms with Crippen LogP contribution in [0.4, 0.5) is 0 Å². The highest BCUT2D eigenvalue weighted by molar-refractivity contribution is 7.98. The Labute approximate surface area is 165 Å². The smallest absolute Gasteiger partial charge is 0.237 e. The van der Waals surface area contributed by atoms with E-state index in [0.29, 0.717) is 17.5 Å². The molecule has 28 heavy (non-hydrogen) atoms. The van der Waals surface area contributed by atoms with Crippen LogP contribution in [-0.4, -0.2) is 24.7 Å². The summed E-state index contributed by atoms with van der Waals surface area (Å²) in [6, 6.07) is 18.4. The second-order valence-electron chi connectivity index (χ2n) is 6.69. The SMILES string of the molecule is Cc1ccc(-c2noc(CSc3nnc4cc(C)c5ccccc5n34)n2)cc1. The average Bonchev–Trinajstić information content (AvgIpc) is 3.34. The molecule has 6 nitrogen and oxygen atoms in total. The number of thioether (sulfide) groups is 1. The van der Waals surface area contributed by atoms with E-state index < -0.39 is 0 Å². The summed E-state index contributed by atoms with van der Waals surface area (Å²) < 4.78 is 7.50. The first kappa shape index (κ1) is 16.9. The molecule has 0 aliphatic carbocycles. The lowest BCUT2D eigenvalue weighted by Crippen LogP contribution is -1.93. The molecule has 5 rings (SSSR count). The Hall–Kier alpha value is -3.19. The zero-order valence-corrected chi connectivity index (χ0v) is 16.3. The van der Waals surface area contributed by atoms with Gasteiger partial charge in [0.2, 0.25) is 11.7 Å². The fourth-order valence-electron chi connectivity index (χ4n) is 3.23. The van der Waals surface area contributed by atoms with Gasteiger partial charge in [-0.05, 0) is 31.5 Å². The highest BCUT2D eigenvalue weighted by Gasteiger charge is 2.14. The van der Waals surface area contributed by atoms with Crippen LogP contribution in [0.1, 0.15) is 17.0 Å². The monoisotopic (exact) mass is 387 g/mol. The number of aromatic nitrogens is 5. The standard InChI is InChI=1S/C21H17N5OS/c1-13-7-9-15(10-8-13)20-22-19(27-25-20)12-28-21-24-23-18-11-14(2)16-5-3-4-6-17(16)26(18)21/h3-11H,12H2,1-2H3. The van der Waals surface area contributed by atoms with Crippen LogP contribution in [0.25, 0.3) is 27.9 Å². The van der Waals surface area contributed by atoms with E-state index in [1.54, 1.807) is 0 Å². The van der Waals surface area contributed by atoms with E-state index in [4.69, 9.17) is 4.52 Å². The first-order chi connectivity index (χ1) is 13.7. The predicted molar refractivity (Wildman–Crippen MR) is 109 cm³/mol. The average molecular weight is 387 g/mol. The molecular weight excluding hydrogens is 370 g/mol. The maximum absolute atomic E-state index is 5.43. The second kappa shape index (κ2) is 6.76. The molecule has 0 spiro atoms. The van der Waals surface area contributed by atoms with Gasteiger partial charge in [0.05, 0.1) is 11.3 Å². The van der Waals surface area contributed by atoms with Gasteiger partial charge in [0, 0.05) is 10.9 Å². The Bertz CT molecular complexity index is 1290. The van der Waals surface area contributed by atoms with E-state index in [1.165, 1.54) is 28.3 Å². The van der Waals surface area contributed by atoms with Gasteiger partial charge in [-0.2, -0.15) is 4.98 Å². The summed E-state index contributed by atoms with van der Waals surface area (Å²) in [5.74, 6) is 1.69. The Morgan fingerprint density at radius 3 is 2.68 bits per heavy atom. The van der Waals surface area contributed by atoms with Gasteiger partial charge in [-0.15, -0.1) is 10.2 Å². The third-order valence-corrected chi connectivity index (χ3v) is 5.59. The van der Waals surface area contributed by atoms with Crippen molar-refractivity contribution in [2.45, 2.75) is 24.8 Å². The number of nitrogens with zero attached hydrogens (tertiary/aromatic N) is 5. The predicted octanol–water partition coefficient (Wildman–Crippen LogP) is 4.84. The van der Waals surface area contributed by atoms with Gasteiger partial charge < -0.3 is 4.52 Å².